The third-order valence-electron chi connectivity index (χ3n) is 8.16. The second kappa shape index (κ2) is 9.68. The molecule has 3 N–H and O–H groups in total. The Bertz CT molecular complexity index is 1710. The van der Waals surface area contributed by atoms with E-state index in [1.165, 1.54) is 5.56 Å². The molecular formula is C33H29N5O2. The Hall–Kier alpha value is -4.91. The number of para-hydroxylation sites is 1. The minimum atomic E-state index is -0.983. The standard InChI is InChI=1S/C33H29N5O2/c39-32(40)37-33(19-7-20-33)24-16-14-23(15-17-24)29-27(18-13-22-8-2-1-3-9-22)36-31-25-10-4-5-11-26(25)35-30-28(38(29)31)12-6-21-34-30/h1-6,8-12,14-17,21,37H,7,13,18-20H2,(H,34,35)(H,39,40). The molecule has 0 unspecified atom stereocenters. The van der Waals surface area contributed by atoms with Gasteiger partial charge in [-0.2, -0.15) is 0 Å². The van der Waals surface area contributed by atoms with Crippen LogP contribution in [0.15, 0.2) is 97.2 Å². The SMILES string of the molecule is O=C(O)NC1(c2ccc(-c3c(CCc4ccccc4)nc4n3-c3cccnc3Nc3ccccc3-4)cc2)CCC1. The van der Waals surface area contributed by atoms with E-state index in [1.54, 1.807) is 6.20 Å². The van der Waals surface area contributed by atoms with Gasteiger partial charge in [0, 0.05) is 17.3 Å². The second-order valence-corrected chi connectivity index (χ2v) is 10.5. The van der Waals surface area contributed by atoms with Gasteiger partial charge in [-0.25, -0.2) is 14.8 Å². The quantitative estimate of drug-likeness (QED) is 0.215. The molecule has 0 radical (unpaired) electrons. The molecule has 1 saturated carbocycles. The summed E-state index contributed by atoms with van der Waals surface area (Å²) in [6, 6.07) is 31.1. The molecule has 0 saturated heterocycles. The number of imidazole rings is 1. The van der Waals surface area contributed by atoms with Gasteiger partial charge in [0.2, 0.25) is 0 Å². The Morgan fingerprint density at radius 1 is 0.925 bits per heavy atom. The Balaban J connectivity index is 1.40. The lowest BCUT2D eigenvalue weighted by Crippen LogP contribution is -2.50. The molecular weight excluding hydrogens is 498 g/mol. The number of amides is 1. The molecule has 5 aromatic rings. The summed E-state index contributed by atoms with van der Waals surface area (Å²) in [6.07, 6.45) is 5.09. The van der Waals surface area contributed by atoms with Gasteiger partial charge >= 0.3 is 6.09 Å². The zero-order valence-corrected chi connectivity index (χ0v) is 22.0. The second-order valence-electron chi connectivity index (χ2n) is 10.5. The highest BCUT2D eigenvalue weighted by molar-refractivity contribution is 5.86. The van der Waals surface area contributed by atoms with Crippen LogP contribution in [0.3, 0.4) is 0 Å². The van der Waals surface area contributed by atoms with Crippen molar-refractivity contribution in [3.63, 3.8) is 0 Å². The van der Waals surface area contributed by atoms with E-state index < -0.39 is 11.6 Å². The average molecular weight is 528 g/mol. The summed E-state index contributed by atoms with van der Waals surface area (Å²) in [5.74, 6) is 1.65. The van der Waals surface area contributed by atoms with Gasteiger partial charge in [0.25, 0.3) is 0 Å². The average Bonchev–Trinajstić information content (AvgIpc) is 3.28. The lowest BCUT2D eigenvalue weighted by molar-refractivity contribution is 0.144. The first kappa shape index (κ1) is 24.2. The fraction of sp³-hybridized carbons (Fsp3) is 0.182. The summed E-state index contributed by atoms with van der Waals surface area (Å²) in [7, 11) is 0. The van der Waals surface area contributed by atoms with E-state index in [0.717, 1.165) is 83.2 Å². The van der Waals surface area contributed by atoms with E-state index >= 15 is 0 Å². The number of benzene rings is 3. The van der Waals surface area contributed by atoms with Crippen LogP contribution in [0.4, 0.5) is 16.3 Å². The third-order valence-corrected chi connectivity index (χ3v) is 8.16. The molecule has 1 fully saturated rings. The van der Waals surface area contributed by atoms with E-state index in [9.17, 15) is 9.90 Å². The maximum absolute atomic E-state index is 11.5. The molecule has 7 heteroatoms. The van der Waals surface area contributed by atoms with Crippen molar-refractivity contribution in [3.05, 3.63) is 114 Å². The van der Waals surface area contributed by atoms with E-state index in [0.29, 0.717) is 0 Å². The Labute approximate surface area is 232 Å². The molecule has 2 aromatic heterocycles. The third kappa shape index (κ3) is 4.11. The predicted octanol–water partition coefficient (Wildman–Crippen LogP) is 7.09. The minimum absolute atomic E-state index is 0.506. The molecule has 7 nitrogen and oxygen atoms in total. The molecule has 1 aliphatic heterocycles. The highest BCUT2D eigenvalue weighted by atomic mass is 16.4. The summed E-state index contributed by atoms with van der Waals surface area (Å²) in [5, 5.41) is 15.8. The molecule has 0 spiro atoms. The minimum Gasteiger partial charge on any atom is -0.465 e. The number of hydrogen-bond donors (Lipinski definition) is 3. The number of anilines is 2. The molecule has 0 bridgehead atoms. The van der Waals surface area contributed by atoms with Crippen molar-refractivity contribution < 1.29 is 9.90 Å². The summed E-state index contributed by atoms with van der Waals surface area (Å²) < 4.78 is 2.23. The maximum Gasteiger partial charge on any atom is 0.405 e. The molecule has 40 heavy (non-hydrogen) atoms. The lowest BCUT2D eigenvalue weighted by Gasteiger charge is -2.42. The fourth-order valence-electron chi connectivity index (χ4n) is 6.01. The lowest BCUT2D eigenvalue weighted by atomic mass is 9.72. The first-order valence-corrected chi connectivity index (χ1v) is 13.7. The number of nitrogens with one attached hydrogen (secondary N) is 2. The van der Waals surface area contributed by atoms with Gasteiger partial charge in [-0.1, -0.05) is 66.7 Å². The zero-order chi connectivity index (χ0) is 27.1. The van der Waals surface area contributed by atoms with E-state index in [-0.39, 0.29) is 0 Å². The van der Waals surface area contributed by atoms with Crippen LogP contribution in [0.2, 0.25) is 0 Å². The molecule has 3 aromatic carbocycles. The molecule has 1 amide bonds. The molecule has 2 aliphatic rings. The Morgan fingerprint density at radius 3 is 2.45 bits per heavy atom. The van der Waals surface area contributed by atoms with Crippen molar-refractivity contribution in [2.75, 3.05) is 5.32 Å². The van der Waals surface area contributed by atoms with E-state index in [1.807, 2.05) is 24.3 Å². The van der Waals surface area contributed by atoms with E-state index in [2.05, 4.69) is 86.9 Å². The van der Waals surface area contributed by atoms with Gasteiger partial charge < -0.3 is 15.7 Å². The highest BCUT2D eigenvalue weighted by Gasteiger charge is 2.40. The maximum atomic E-state index is 11.5. The smallest absolute Gasteiger partial charge is 0.405 e. The van der Waals surface area contributed by atoms with Crippen molar-refractivity contribution in [2.45, 2.75) is 37.6 Å². The summed E-state index contributed by atoms with van der Waals surface area (Å²) in [4.78, 5) is 21.5. The van der Waals surface area contributed by atoms with Crippen LogP contribution >= 0.6 is 0 Å². The number of carbonyl (C=O) groups is 1. The highest BCUT2D eigenvalue weighted by Crippen LogP contribution is 2.44. The van der Waals surface area contributed by atoms with Crippen molar-refractivity contribution in [2.24, 2.45) is 0 Å². The Kier molecular flexibility index (Phi) is 5.85. The van der Waals surface area contributed by atoms with Crippen LogP contribution < -0.4 is 10.6 Å². The first-order chi connectivity index (χ1) is 19.6. The number of nitrogens with zero attached hydrogens (tertiary/aromatic N) is 3. The first-order valence-electron chi connectivity index (χ1n) is 13.7. The molecule has 198 valence electrons. The van der Waals surface area contributed by atoms with Crippen molar-refractivity contribution in [3.8, 4) is 28.3 Å². The molecule has 3 heterocycles. The monoisotopic (exact) mass is 527 g/mol. The van der Waals surface area contributed by atoms with Crippen LogP contribution in [0.5, 0.6) is 0 Å². The number of rotatable bonds is 6. The van der Waals surface area contributed by atoms with Crippen LogP contribution in [-0.2, 0) is 18.4 Å². The number of aryl methyl sites for hydroxylation is 2. The van der Waals surface area contributed by atoms with Gasteiger partial charge in [0.05, 0.1) is 28.3 Å². The van der Waals surface area contributed by atoms with Crippen LogP contribution in [-0.4, -0.2) is 25.7 Å². The normalized spacial score (nSPS) is 14.5. The van der Waals surface area contributed by atoms with Crippen molar-refractivity contribution >= 4 is 17.6 Å². The van der Waals surface area contributed by atoms with Gasteiger partial charge in [0.1, 0.15) is 5.82 Å². The zero-order valence-electron chi connectivity index (χ0n) is 22.0. The summed E-state index contributed by atoms with van der Waals surface area (Å²) in [5.41, 5.74) is 7.76. The van der Waals surface area contributed by atoms with E-state index in [4.69, 9.17) is 4.98 Å². The summed E-state index contributed by atoms with van der Waals surface area (Å²) >= 11 is 0. The fourth-order valence-corrected chi connectivity index (χ4v) is 6.01. The number of pyridine rings is 1. The van der Waals surface area contributed by atoms with Crippen molar-refractivity contribution in [1.29, 1.82) is 0 Å². The van der Waals surface area contributed by atoms with Crippen LogP contribution in [0.25, 0.3) is 28.3 Å². The number of aromatic nitrogens is 3. The van der Waals surface area contributed by atoms with Gasteiger partial charge in [-0.05, 0) is 67.5 Å². The molecule has 0 atom stereocenters. The topological polar surface area (TPSA) is 92.1 Å². The number of hydrogen-bond acceptors (Lipinski definition) is 4. The molecule has 1 aliphatic carbocycles. The largest absolute Gasteiger partial charge is 0.465 e. The number of fused-ring (bicyclic) bond motifs is 5. The molecule has 7 rings (SSSR count). The Morgan fingerprint density at radius 2 is 1.70 bits per heavy atom. The predicted molar refractivity (Wildman–Crippen MR) is 156 cm³/mol. The number of carboxylic acid groups (broad SMARTS) is 1. The van der Waals surface area contributed by atoms with Crippen molar-refractivity contribution in [1.82, 2.24) is 19.9 Å². The van der Waals surface area contributed by atoms with Crippen LogP contribution in [0, 0.1) is 0 Å². The van der Waals surface area contributed by atoms with Gasteiger partial charge in [-0.3, -0.25) is 4.57 Å². The van der Waals surface area contributed by atoms with Crippen LogP contribution in [0.1, 0.15) is 36.1 Å². The van der Waals surface area contributed by atoms with Gasteiger partial charge in [0.15, 0.2) is 5.82 Å². The summed E-state index contributed by atoms with van der Waals surface area (Å²) in [6.45, 7) is 0. The van der Waals surface area contributed by atoms with Gasteiger partial charge in [-0.15, -0.1) is 0 Å².